The third-order valence-electron chi connectivity index (χ3n) is 3.68. The van der Waals surface area contributed by atoms with Gasteiger partial charge < -0.3 is 5.32 Å². The van der Waals surface area contributed by atoms with Gasteiger partial charge in [-0.2, -0.15) is 13.2 Å². The first-order valence-electron chi connectivity index (χ1n) is 7.36. The Morgan fingerprint density at radius 1 is 1.32 bits per heavy atom. The first-order valence-corrected chi connectivity index (χ1v) is 7.36. The molecule has 1 fully saturated rings. The molecule has 0 aliphatic carbocycles. The van der Waals surface area contributed by atoms with Gasteiger partial charge in [-0.25, -0.2) is 0 Å². The third-order valence-corrected chi connectivity index (χ3v) is 3.68. The lowest BCUT2D eigenvalue weighted by atomic mass is 9.97. The molecule has 0 amide bonds. The minimum Gasteiger partial charge on any atom is -0.311 e. The number of hydrogen-bond acceptors (Lipinski definition) is 2. The maximum absolute atomic E-state index is 12.4. The van der Waals surface area contributed by atoms with Crippen LogP contribution in [0.4, 0.5) is 13.2 Å². The average molecular weight is 280 g/mol. The van der Waals surface area contributed by atoms with Gasteiger partial charge in [-0.3, -0.25) is 4.90 Å². The zero-order valence-electron chi connectivity index (χ0n) is 12.3. The monoisotopic (exact) mass is 280 g/mol. The smallest absolute Gasteiger partial charge is 0.311 e. The van der Waals surface area contributed by atoms with Gasteiger partial charge >= 0.3 is 6.18 Å². The summed E-state index contributed by atoms with van der Waals surface area (Å²) in [7, 11) is 0. The van der Waals surface area contributed by atoms with Crippen molar-refractivity contribution >= 4 is 0 Å². The van der Waals surface area contributed by atoms with E-state index in [1.807, 2.05) is 4.90 Å². The minimum atomic E-state index is -4.05. The van der Waals surface area contributed by atoms with E-state index in [4.69, 9.17) is 0 Å². The zero-order valence-corrected chi connectivity index (χ0v) is 12.3. The topological polar surface area (TPSA) is 15.3 Å². The molecule has 1 rings (SSSR count). The van der Waals surface area contributed by atoms with Crippen LogP contribution in [0.5, 0.6) is 0 Å². The zero-order chi connectivity index (χ0) is 14.5. The van der Waals surface area contributed by atoms with Crippen LogP contribution in [-0.2, 0) is 0 Å². The molecule has 1 aliphatic heterocycles. The Morgan fingerprint density at radius 3 is 2.53 bits per heavy atom. The molecule has 2 nitrogen and oxygen atoms in total. The number of rotatable bonds is 6. The lowest BCUT2D eigenvalue weighted by Crippen LogP contribution is -2.57. The fourth-order valence-corrected chi connectivity index (χ4v) is 2.79. The van der Waals surface area contributed by atoms with Crippen LogP contribution in [0.15, 0.2) is 0 Å². The van der Waals surface area contributed by atoms with Crippen LogP contribution in [0.2, 0.25) is 0 Å². The van der Waals surface area contributed by atoms with Crippen molar-refractivity contribution in [1.82, 2.24) is 10.2 Å². The van der Waals surface area contributed by atoms with Crippen LogP contribution >= 0.6 is 0 Å². The average Bonchev–Trinajstić information content (AvgIpc) is 2.28. The van der Waals surface area contributed by atoms with Crippen molar-refractivity contribution < 1.29 is 13.2 Å². The summed E-state index contributed by atoms with van der Waals surface area (Å²) in [5, 5.41) is 3.48. The highest BCUT2D eigenvalue weighted by Crippen LogP contribution is 2.23. The van der Waals surface area contributed by atoms with Crippen LogP contribution in [0, 0.1) is 5.92 Å². The van der Waals surface area contributed by atoms with Crippen molar-refractivity contribution in [3.8, 4) is 0 Å². The van der Waals surface area contributed by atoms with Gasteiger partial charge in [0.15, 0.2) is 0 Å². The van der Waals surface area contributed by atoms with Crippen molar-refractivity contribution in [2.45, 2.75) is 64.7 Å². The van der Waals surface area contributed by atoms with Gasteiger partial charge in [-0.15, -0.1) is 0 Å². The van der Waals surface area contributed by atoms with Crippen molar-refractivity contribution in [2.24, 2.45) is 5.92 Å². The molecular weight excluding hydrogens is 253 g/mol. The van der Waals surface area contributed by atoms with Gasteiger partial charge in [0.1, 0.15) is 0 Å². The van der Waals surface area contributed by atoms with Crippen LogP contribution in [-0.4, -0.2) is 42.8 Å². The number of hydrogen-bond donors (Lipinski definition) is 1. The molecule has 2 unspecified atom stereocenters. The van der Waals surface area contributed by atoms with E-state index in [1.54, 1.807) is 0 Å². The van der Waals surface area contributed by atoms with Crippen LogP contribution in [0.25, 0.3) is 0 Å². The maximum atomic E-state index is 12.4. The van der Waals surface area contributed by atoms with E-state index in [1.165, 1.54) is 0 Å². The lowest BCUT2D eigenvalue weighted by Gasteiger charge is -2.41. The Bertz CT molecular complexity index is 254. The predicted molar refractivity (Wildman–Crippen MR) is 72.2 cm³/mol. The number of nitrogens with one attached hydrogen (secondary N) is 1. The van der Waals surface area contributed by atoms with E-state index >= 15 is 0 Å². The molecule has 0 bridgehead atoms. The highest BCUT2D eigenvalue weighted by molar-refractivity contribution is 4.86. The first kappa shape index (κ1) is 16.8. The molecule has 0 spiro atoms. The molecule has 2 atom stereocenters. The molecule has 0 aromatic heterocycles. The van der Waals surface area contributed by atoms with E-state index in [-0.39, 0.29) is 12.6 Å². The minimum absolute atomic E-state index is 0.142. The number of piperazine rings is 1. The molecule has 114 valence electrons. The Hall–Kier alpha value is -0.290. The third kappa shape index (κ3) is 6.61. The van der Waals surface area contributed by atoms with Crippen LogP contribution < -0.4 is 5.32 Å². The van der Waals surface area contributed by atoms with Crippen molar-refractivity contribution in [3.05, 3.63) is 0 Å². The summed E-state index contributed by atoms with van der Waals surface area (Å²) in [6.07, 6.45) is -1.67. The second kappa shape index (κ2) is 7.48. The highest BCUT2D eigenvalue weighted by Gasteiger charge is 2.32. The van der Waals surface area contributed by atoms with Crippen LogP contribution in [0.1, 0.15) is 46.5 Å². The summed E-state index contributed by atoms with van der Waals surface area (Å²) in [5.74, 6) is 0.517. The second-order valence-corrected chi connectivity index (χ2v) is 6.04. The molecule has 1 heterocycles. The number of halogens is 3. The maximum Gasteiger partial charge on any atom is 0.390 e. The standard InChI is InChI=1S/C14H27F3N2/c1-4-5-12-10-19(7-6-14(15,16)17)13(9-18-12)8-11(2)3/h11-13,18H,4-10H2,1-3H3. The summed E-state index contributed by atoms with van der Waals surface area (Å²) < 4.78 is 37.2. The Kier molecular flexibility index (Phi) is 6.60. The molecule has 0 saturated carbocycles. The summed E-state index contributed by atoms with van der Waals surface area (Å²) in [5.41, 5.74) is 0. The van der Waals surface area contributed by atoms with E-state index in [9.17, 15) is 13.2 Å². The molecular formula is C14H27F3N2. The Balaban J connectivity index is 2.54. The normalized spacial score (nSPS) is 26.1. The van der Waals surface area contributed by atoms with E-state index in [0.717, 1.165) is 32.4 Å². The van der Waals surface area contributed by atoms with Crippen molar-refractivity contribution in [3.63, 3.8) is 0 Å². The highest BCUT2D eigenvalue weighted by atomic mass is 19.4. The molecule has 0 aromatic carbocycles. The Labute approximate surface area is 114 Å². The number of alkyl halides is 3. The van der Waals surface area contributed by atoms with E-state index in [2.05, 4.69) is 26.1 Å². The summed E-state index contributed by atoms with van der Waals surface area (Å²) >= 11 is 0. The van der Waals surface area contributed by atoms with Gasteiger partial charge in [-0.1, -0.05) is 27.2 Å². The molecule has 1 aliphatic rings. The summed E-state index contributed by atoms with van der Waals surface area (Å²) in [6.45, 7) is 8.08. The van der Waals surface area contributed by atoms with Gasteiger partial charge in [0.25, 0.3) is 0 Å². The van der Waals surface area contributed by atoms with Gasteiger partial charge in [0.2, 0.25) is 0 Å². The fraction of sp³-hybridized carbons (Fsp3) is 1.00. The molecule has 1 saturated heterocycles. The lowest BCUT2D eigenvalue weighted by molar-refractivity contribution is -0.140. The SMILES string of the molecule is CCCC1CN(CCC(F)(F)F)C(CC(C)C)CN1. The second-order valence-electron chi connectivity index (χ2n) is 6.04. The first-order chi connectivity index (χ1) is 8.81. The van der Waals surface area contributed by atoms with Gasteiger partial charge in [0.05, 0.1) is 6.42 Å². The van der Waals surface area contributed by atoms with Gasteiger partial charge in [0, 0.05) is 31.7 Å². The molecule has 0 aromatic rings. The fourth-order valence-electron chi connectivity index (χ4n) is 2.79. The Morgan fingerprint density at radius 2 is 2.00 bits per heavy atom. The molecule has 0 radical (unpaired) electrons. The molecule has 5 heteroatoms. The van der Waals surface area contributed by atoms with E-state index < -0.39 is 12.6 Å². The summed E-state index contributed by atoms with van der Waals surface area (Å²) in [6, 6.07) is 0.595. The quantitative estimate of drug-likeness (QED) is 0.802. The largest absolute Gasteiger partial charge is 0.390 e. The predicted octanol–water partition coefficient (Wildman–Crippen LogP) is 3.43. The van der Waals surface area contributed by atoms with Gasteiger partial charge in [-0.05, 0) is 18.8 Å². The van der Waals surface area contributed by atoms with E-state index in [0.29, 0.717) is 12.0 Å². The summed E-state index contributed by atoms with van der Waals surface area (Å²) in [4.78, 5) is 2.05. The van der Waals surface area contributed by atoms with Crippen LogP contribution in [0.3, 0.4) is 0 Å². The number of nitrogens with zero attached hydrogens (tertiary/aromatic N) is 1. The molecule has 1 N–H and O–H groups in total. The van der Waals surface area contributed by atoms with Crippen molar-refractivity contribution in [1.29, 1.82) is 0 Å². The van der Waals surface area contributed by atoms with Crippen molar-refractivity contribution in [2.75, 3.05) is 19.6 Å². The molecule has 19 heavy (non-hydrogen) atoms.